The molecule has 1 heterocycles. The van der Waals surface area contributed by atoms with E-state index < -0.39 is 6.10 Å². The molecule has 2 aromatic rings. The van der Waals surface area contributed by atoms with Gasteiger partial charge in [-0.2, -0.15) is 5.10 Å². The summed E-state index contributed by atoms with van der Waals surface area (Å²) in [5.74, 6) is -0.386. The first kappa shape index (κ1) is 13.3. The smallest absolute Gasteiger partial charge is 0.248 e. The van der Waals surface area contributed by atoms with Gasteiger partial charge in [0, 0.05) is 30.9 Å². The number of hydrogen-bond donors (Lipinski definition) is 2. The third-order valence-corrected chi connectivity index (χ3v) is 2.78. The maximum absolute atomic E-state index is 11.4. The highest BCUT2D eigenvalue weighted by atomic mass is 16.3. The van der Waals surface area contributed by atoms with Crippen LogP contribution in [0.1, 0.15) is 12.5 Å². The lowest BCUT2D eigenvalue weighted by Gasteiger charge is -2.07. The second-order valence-electron chi connectivity index (χ2n) is 4.44. The molecule has 5 heteroatoms. The molecule has 1 atom stereocenters. The number of rotatable bonds is 4. The van der Waals surface area contributed by atoms with E-state index >= 15 is 0 Å². The van der Waals surface area contributed by atoms with Crippen LogP contribution < -0.4 is 5.32 Å². The van der Waals surface area contributed by atoms with E-state index in [0.717, 1.165) is 16.8 Å². The summed E-state index contributed by atoms with van der Waals surface area (Å²) >= 11 is 0. The Morgan fingerprint density at radius 1 is 1.42 bits per heavy atom. The lowest BCUT2D eigenvalue weighted by atomic mass is 10.1. The van der Waals surface area contributed by atoms with Crippen molar-refractivity contribution in [2.24, 2.45) is 7.05 Å². The largest absolute Gasteiger partial charge is 0.384 e. The Kier molecular flexibility index (Phi) is 3.97. The Morgan fingerprint density at radius 3 is 2.74 bits per heavy atom. The third-order valence-electron chi connectivity index (χ3n) is 2.78. The van der Waals surface area contributed by atoms with E-state index in [4.69, 9.17) is 5.11 Å². The van der Waals surface area contributed by atoms with Crippen molar-refractivity contribution in [3.05, 3.63) is 42.1 Å². The van der Waals surface area contributed by atoms with Crippen molar-refractivity contribution in [3.8, 4) is 11.3 Å². The summed E-state index contributed by atoms with van der Waals surface area (Å²) in [6, 6.07) is 9.79. The van der Waals surface area contributed by atoms with Crippen LogP contribution in [0, 0.1) is 0 Å². The minimum absolute atomic E-state index is 0.349. The van der Waals surface area contributed by atoms with Crippen LogP contribution in [0.3, 0.4) is 0 Å². The van der Waals surface area contributed by atoms with Crippen LogP contribution in [-0.2, 0) is 18.4 Å². The van der Waals surface area contributed by atoms with Gasteiger partial charge in [0.2, 0.25) is 5.91 Å². The van der Waals surface area contributed by atoms with E-state index in [9.17, 15) is 4.79 Å². The van der Waals surface area contributed by atoms with Crippen LogP contribution in [0.4, 0.5) is 0 Å². The second-order valence-corrected chi connectivity index (χ2v) is 4.44. The van der Waals surface area contributed by atoms with Gasteiger partial charge in [0.25, 0.3) is 0 Å². The Labute approximate surface area is 111 Å². The number of hydrogen-bond acceptors (Lipinski definition) is 3. The van der Waals surface area contributed by atoms with Crippen molar-refractivity contribution in [1.82, 2.24) is 15.1 Å². The first-order valence-corrected chi connectivity index (χ1v) is 6.11. The maximum atomic E-state index is 11.4. The molecular formula is C14H17N3O2. The number of amides is 1. The van der Waals surface area contributed by atoms with E-state index in [2.05, 4.69) is 10.4 Å². The molecular weight excluding hydrogens is 242 g/mol. The quantitative estimate of drug-likeness (QED) is 0.863. The van der Waals surface area contributed by atoms with Gasteiger partial charge in [-0.1, -0.05) is 30.3 Å². The molecule has 19 heavy (non-hydrogen) atoms. The standard InChI is InChI=1S/C14H17N3O2/c1-10(18)14(19)15-8-12-9-17(2)16-13(12)11-6-4-3-5-7-11/h3-7,9-10,18H,8H2,1-2H3,(H,15,19)/t10-/m1/s1. The summed E-state index contributed by atoms with van der Waals surface area (Å²) in [7, 11) is 1.84. The summed E-state index contributed by atoms with van der Waals surface area (Å²) < 4.78 is 1.71. The average Bonchev–Trinajstić information content (AvgIpc) is 2.78. The molecule has 0 saturated heterocycles. The SMILES string of the molecule is C[C@@H](O)C(=O)NCc1cn(C)nc1-c1ccccc1. The highest BCUT2D eigenvalue weighted by Gasteiger charge is 2.13. The number of carbonyl (C=O) groups excluding carboxylic acids is 1. The Hall–Kier alpha value is -2.14. The molecule has 1 aromatic carbocycles. The van der Waals surface area contributed by atoms with Crippen molar-refractivity contribution < 1.29 is 9.90 Å². The van der Waals surface area contributed by atoms with E-state index in [1.54, 1.807) is 4.68 Å². The molecule has 2 rings (SSSR count). The van der Waals surface area contributed by atoms with E-state index in [1.807, 2.05) is 43.6 Å². The zero-order valence-electron chi connectivity index (χ0n) is 11.0. The van der Waals surface area contributed by atoms with Crippen molar-refractivity contribution in [2.45, 2.75) is 19.6 Å². The van der Waals surface area contributed by atoms with Gasteiger partial charge in [0.1, 0.15) is 6.10 Å². The minimum atomic E-state index is -1.00. The predicted molar refractivity (Wildman–Crippen MR) is 72.2 cm³/mol. The fraction of sp³-hybridized carbons (Fsp3) is 0.286. The van der Waals surface area contributed by atoms with Crippen molar-refractivity contribution >= 4 is 5.91 Å². The third kappa shape index (κ3) is 3.20. The molecule has 0 fully saturated rings. The molecule has 100 valence electrons. The lowest BCUT2D eigenvalue weighted by molar-refractivity contribution is -0.128. The minimum Gasteiger partial charge on any atom is -0.384 e. The van der Waals surface area contributed by atoms with Crippen LogP contribution >= 0.6 is 0 Å². The molecule has 0 bridgehead atoms. The van der Waals surface area contributed by atoms with Crippen LogP contribution in [0.5, 0.6) is 0 Å². The van der Waals surface area contributed by atoms with Crippen molar-refractivity contribution in [2.75, 3.05) is 0 Å². The van der Waals surface area contributed by atoms with Gasteiger partial charge in [-0.25, -0.2) is 0 Å². The summed E-state index contributed by atoms with van der Waals surface area (Å²) in [4.78, 5) is 11.4. The normalized spacial score (nSPS) is 12.2. The van der Waals surface area contributed by atoms with Crippen LogP contribution in [0.15, 0.2) is 36.5 Å². The van der Waals surface area contributed by atoms with Gasteiger partial charge >= 0.3 is 0 Å². The molecule has 1 aromatic heterocycles. The number of carbonyl (C=O) groups is 1. The molecule has 2 N–H and O–H groups in total. The zero-order valence-corrected chi connectivity index (χ0v) is 11.0. The molecule has 0 radical (unpaired) electrons. The highest BCUT2D eigenvalue weighted by molar-refractivity contribution is 5.80. The first-order valence-electron chi connectivity index (χ1n) is 6.11. The molecule has 0 aliphatic heterocycles. The Bertz CT molecular complexity index is 561. The maximum Gasteiger partial charge on any atom is 0.248 e. The number of benzene rings is 1. The van der Waals surface area contributed by atoms with Gasteiger partial charge < -0.3 is 10.4 Å². The number of aryl methyl sites for hydroxylation is 1. The summed E-state index contributed by atoms with van der Waals surface area (Å²) in [6.07, 6.45) is 0.863. The predicted octanol–water partition coefficient (Wildman–Crippen LogP) is 1.08. The highest BCUT2D eigenvalue weighted by Crippen LogP contribution is 2.21. The van der Waals surface area contributed by atoms with Crippen LogP contribution in [0.2, 0.25) is 0 Å². The summed E-state index contributed by atoms with van der Waals surface area (Å²) in [6.45, 7) is 1.79. The molecule has 0 spiro atoms. The zero-order chi connectivity index (χ0) is 13.8. The molecule has 0 aliphatic carbocycles. The lowest BCUT2D eigenvalue weighted by Crippen LogP contribution is -2.31. The number of nitrogens with zero attached hydrogens (tertiary/aromatic N) is 2. The Morgan fingerprint density at radius 2 is 2.11 bits per heavy atom. The van der Waals surface area contributed by atoms with E-state index in [-0.39, 0.29) is 5.91 Å². The molecule has 5 nitrogen and oxygen atoms in total. The number of aliphatic hydroxyl groups is 1. The average molecular weight is 259 g/mol. The number of aliphatic hydroxyl groups excluding tert-OH is 1. The topological polar surface area (TPSA) is 67.2 Å². The van der Waals surface area contributed by atoms with Gasteiger partial charge in [-0.05, 0) is 6.92 Å². The first-order chi connectivity index (χ1) is 9.08. The van der Waals surface area contributed by atoms with Gasteiger partial charge in [-0.3, -0.25) is 9.48 Å². The molecule has 0 aliphatic rings. The van der Waals surface area contributed by atoms with Gasteiger partial charge in [0.05, 0.1) is 5.69 Å². The van der Waals surface area contributed by atoms with Crippen LogP contribution in [-0.4, -0.2) is 26.9 Å². The number of nitrogens with one attached hydrogen (secondary N) is 1. The fourth-order valence-corrected chi connectivity index (χ4v) is 1.84. The monoisotopic (exact) mass is 259 g/mol. The fourth-order valence-electron chi connectivity index (χ4n) is 1.84. The van der Waals surface area contributed by atoms with Crippen LogP contribution in [0.25, 0.3) is 11.3 Å². The van der Waals surface area contributed by atoms with E-state index in [0.29, 0.717) is 6.54 Å². The molecule has 0 saturated carbocycles. The van der Waals surface area contributed by atoms with Crippen molar-refractivity contribution in [3.63, 3.8) is 0 Å². The van der Waals surface area contributed by atoms with Crippen molar-refractivity contribution in [1.29, 1.82) is 0 Å². The number of aromatic nitrogens is 2. The summed E-state index contributed by atoms with van der Waals surface area (Å²) in [5.41, 5.74) is 2.76. The molecule has 1 amide bonds. The second kappa shape index (κ2) is 5.67. The summed E-state index contributed by atoms with van der Waals surface area (Å²) in [5, 5.41) is 16.2. The van der Waals surface area contributed by atoms with Gasteiger partial charge in [0.15, 0.2) is 0 Å². The van der Waals surface area contributed by atoms with E-state index in [1.165, 1.54) is 6.92 Å². The van der Waals surface area contributed by atoms with Gasteiger partial charge in [-0.15, -0.1) is 0 Å². The Balaban J connectivity index is 2.20. The molecule has 0 unspecified atom stereocenters.